The van der Waals surface area contributed by atoms with Crippen molar-refractivity contribution in [3.05, 3.63) is 36.3 Å². The number of thioether (sulfide) groups is 1. The molecule has 0 radical (unpaired) electrons. The quantitative estimate of drug-likeness (QED) is 0.463. The van der Waals surface area contributed by atoms with Gasteiger partial charge >= 0.3 is 0 Å². The standard InChI is InChI=1S/C9H13NS/c1-5-8(10-3)7-9(6-2)11-4/h5-7H,1-2H2,3-4H3. The lowest BCUT2D eigenvalue weighted by Crippen LogP contribution is -1.86. The molecule has 0 atom stereocenters. The summed E-state index contributed by atoms with van der Waals surface area (Å²) in [4.78, 5) is 5.11. The lowest BCUT2D eigenvalue weighted by Gasteiger charge is -1.95. The summed E-state index contributed by atoms with van der Waals surface area (Å²) in [7, 11) is 1.74. The molecule has 60 valence electrons. The molecular weight excluding hydrogens is 154 g/mol. The Labute approximate surface area is 72.6 Å². The molecule has 0 unspecified atom stereocenters. The fourth-order valence-corrected chi connectivity index (χ4v) is 0.967. The minimum absolute atomic E-state index is 0.884. The molecule has 0 spiro atoms. The molecule has 0 aliphatic rings. The molecule has 0 aromatic carbocycles. The summed E-state index contributed by atoms with van der Waals surface area (Å²) in [6, 6.07) is 0. The SMILES string of the molecule is C=CC(=CC(C=C)=NC)SC. The van der Waals surface area contributed by atoms with Crippen LogP contribution in [-0.2, 0) is 0 Å². The van der Waals surface area contributed by atoms with E-state index in [1.165, 1.54) is 0 Å². The van der Waals surface area contributed by atoms with Crippen LogP contribution in [0.15, 0.2) is 41.3 Å². The lowest BCUT2D eigenvalue weighted by molar-refractivity contribution is 1.45. The maximum Gasteiger partial charge on any atom is 0.0576 e. The zero-order chi connectivity index (χ0) is 8.69. The molecule has 0 saturated heterocycles. The fraction of sp³-hybridized carbons (Fsp3) is 0.222. The third-order valence-electron chi connectivity index (χ3n) is 1.19. The molecule has 0 rings (SSSR count). The second kappa shape index (κ2) is 5.98. The van der Waals surface area contributed by atoms with Crippen molar-refractivity contribution in [3.63, 3.8) is 0 Å². The Morgan fingerprint density at radius 2 is 2.00 bits per heavy atom. The highest BCUT2D eigenvalue weighted by Crippen LogP contribution is 2.11. The number of aliphatic imine (C=N–C) groups is 1. The van der Waals surface area contributed by atoms with E-state index in [-0.39, 0.29) is 0 Å². The first kappa shape index (κ1) is 10.2. The van der Waals surface area contributed by atoms with Gasteiger partial charge in [0.1, 0.15) is 0 Å². The van der Waals surface area contributed by atoms with E-state index < -0.39 is 0 Å². The monoisotopic (exact) mass is 167 g/mol. The molecule has 0 aliphatic heterocycles. The van der Waals surface area contributed by atoms with Crippen LogP contribution in [0.25, 0.3) is 0 Å². The van der Waals surface area contributed by atoms with Crippen LogP contribution in [0.3, 0.4) is 0 Å². The van der Waals surface area contributed by atoms with Crippen molar-refractivity contribution in [2.75, 3.05) is 13.3 Å². The van der Waals surface area contributed by atoms with Crippen LogP contribution >= 0.6 is 11.8 Å². The highest BCUT2D eigenvalue weighted by atomic mass is 32.2. The molecule has 0 bridgehead atoms. The van der Waals surface area contributed by atoms with Crippen LogP contribution in [-0.4, -0.2) is 19.0 Å². The van der Waals surface area contributed by atoms with Gasteiger partial charge in [-0.3, -0.25) is 4.99 Å². The van der Waals surface area contributed by atoms with Crippen LogP contribution in [0.5, 0.6) is 0 Å². The van der Waals surface area contributed by atoms with Gasteiger partial charge in [0.25, 0.3) is 0 Å². The van der Waals surface area contributed by atoms with Crippen molar-refractivity contribution in [1.82, 2.24) is 0 Å². The van der Waals surface area contributed by atoms with Crippen molar-refractivity contribution in [1.29, 1.82) is 0 Å². The summed E-state index contributed by atoms with van der Waals surface area (Å²) in [5.41, 5.74) is 0.884. The fourth-order valence-electron chi connectivity index (χ4n) is 0.562. The summed E-state index contributed by atoms with van der Waals surface area (Å²) < 4.78 is 0. The minimum Gasteiger partial charge on any atom is -0.289 e. The number of allylic oxidation sites excluding steroid dienone is 3. The second-order valence-corrected chi connectivity index (χ2v) is 2.69. The summed E-state index contributed by atoms with van der Waals surface area (Å²) in [6.45, 7) is 7.31. The van der Waals surface area contributed by atoms with Gasteiger partial charge in [0.15, 0.2) is 0 Å². The van der Waals surface area contributed by atoms with Crippen LogP contribution < -0.4 is 0 Å². The maximum absolute atomic E-state index is 4.00. The van der Waals surface area contributed by atoms with Crippen LogP contribution in [0.4, 0.5) is 0 Å². The molecule has 2 heteroatoms. The van der Waals surface area contributed by atoms with E-state index in [0.29, 0.717) is 0 Å². The van der Waals surface area contributed by atoms with E-state index in [1.807, 2.05) is 12.3 Å². The summed E-state index contributed by atoms with van der Waals surface area (Å²) in [5, 5.41) is 0. The molecule has 0 N–H and O–H groups in total. The Morgan fingerprint density at radius 1 is 1.36 bits per heavy atom. The minimum atomic E-state index is 0.884. The second-order valence-electron chi connectivity index (χ2n) is 1.81. The first-order valence-corrected chi connectivity index (χ1v) is 4.48. The molecule has 0 heterocycles. The molecule has 0 aliphatic carbocycles. The van der Waals surface area contributed by atoms with Gasteiger partial charge in [-0.05, 0) is 18.4 Å². The van der Waals surface area contributed by atoms with Gasteiger partial charge < -0.3 is 0 Å². The van der Waals surface area contributed by atoms with Crippen LogP contribution in [0.2, 0.25) is 0 Å². The maximum atomic E-state index is 4.00. The normalized spacial score (nSPS) is 12.9. The Bertz CT molecular complexity index is 202. The molecular formula is C9H13NS. The summed E-state index contributed by atoms with van der Waals surface area (Å²) >= 11 is 1.64. The number of hydrogen-bond donors (Lipinski definition) is 0. The van der Waals surface area contributed by atoms with Gasteiger partial charge in [-0.1, -0.05) is 19.2 Å². The van der Waals surface area contributed by atoms with Gasteiger partial charge in [0.05, 0.1) is 5.71 Å². The Morgan fingerprint density at radius 3 is 2.27 bits per heavy atom. The molecule has 0 saturated carbocycles. The van der Waals surface area contributed by atoms with Crippen molar-refractivity contribution in [3.8, 4) is 0 Å². The van der Waals surface area contributed by atoms with E-state index in [4.69, 9.17) is 0 Å². The number of nitrogens with zero attached hydrogens (tertiary/aromatic N) is 1. The topological polar surface area (TPSA) is 12.4 Å². The van der Waals surface area contributed by atoms with E-state index >= 15 is 0 Å². The molecule has 0 amide bonds. The van der Waals surface area contributed by atoms with E-state index in [0.717, 1.165) is 10.6 Å². The third-order valence-corrected chi connectivity index (χ3v) is 1.95. The highest BCUT2D eigenvalue weighted by molar-refractivity contribution is 8.02. The van der Waals surface area contributed by atoms with Crippen molar-refractivity contribution < 1.29 is 0 Å². The van der Waals surface area contributed by atoms with Crippen molar-refractivity contribution in [2.45, 2.75) is 0 Å². The van der Waals surface area contributed by atoms with E-state index in [1.54, 1.807) is 31.0 Å². The molecule has 11 heavy (non-hydrogen) atoms. The van der Waals surface area contributed by atoms with Crippen molar-refractivity contribution >= 4 is 17.5 Å². The summed E-state index contributed by atoms with van der Waals surface area (Å²) in [5.74, 6) is 0. The highest BCUT2D eigenvalue weighted by Gasteiger charge is 1.89. The molecule has 0 fully saturated rings. The predicted octanol–water partition coefficient (Wildman–Crippen LogP) is 2.68. The molecule has 0 aromatic heterocycles. The van der Waals surface area contributed by atoms with Gasteiger partial charge in [0.2, 0.25) is 0 Å². The first-order valence-electron chi connectivity index (χ1n) is 3.25. The van der Waals surface area contributed by atoms with Crippen LogP contribution in [0, 0.1) is 0 Å². The average Bonchev–Trinajstić information content (AvgIpc) is 2.07. The number of rotatable bonds is 4. The van der Waals surface area contributed by atoms with Crippen molar-refractivity contribution in [2.24, 2.45) is 4.99 Å². The van der Waals surface area contributed by atoms with Gasteiger partial charge in [-0.2, -0.15) is 0 Å². The third kappa shape index (κ3) is 3.83. The van der Waals surface area contributed by atoms with E-state index in [9.17, 15) is 0 Å². The zero-order valence-electron chi connectivity index (χ0n) is 7.00. The van der Waals surface area contributed by atoms with Crippen LogP contribution in [0.1, 0.15) is 0 Å². The average molecular weight is 167 g/mol. The zero-order valence-corrected chi connectivity index (χ0v) is 7.82. The molecule has 0 aromatic rings. The van der Waals surface area contributed by atoms with Gasteiger partial charge in [-0.15, -0.1) is 11.8 Å². The van der Waals surface area contributed by atoms with Gasteiger partial charge in [-0.25, -0.2) is 0 Å². The largest absolute Gasteiger partial charge is 0.289 e. The van der Waals surface area contributed by atoms with E-state index in [2.05, 4.69) is 18.2 Å². The Hall–Kier alpha value is -0.760. The molecule has 1 nitrogen and oxygen atoms in total. The smallest absolute Gasteiger partial charge is 0.0576 e. The lowest BCUT2D eigenvalue weighted by atomic mass is 10.3. The summed E-state index contributed by atoms with van der Waals surface area (Å²) in [6.07, 6.45) is 7.48. The first-order chi connectivity index (χ1) is 5.28. The Kier molecular flexibility index (Phi) is 5.57. The predicted molar refractivity (Wildman–Crippen MR) is 55.4 cm³/mol. The number of hydrogen-bond acceptors (Lipinski definition) is 2. The Balaban J connectivity index is 4.47. The van der Waals surface area contributed by atoms with Gasteiger partial charge in [0, 0.05) is 12.0 Å².